The molecule has 19 heavy (non-hydrogen) atoms. The fraction of sp³-hybridized carbons (Fsp3) is 0.0714. The minimum Gasteiger partial charge on any atom is -0.457 e. The Morgan fingerprint density at radius 1 is 1.11 bits per heavy atom. The summed E-state index contributed by atoms with van der Waals surface area (Å²) in [4.78, 5) is 0. The summed E-state index contributed by atoms with van der Waals surface area (Å²) in [5, 5.41) is 20.5. The van der Waals surface area contributed by atoms with Crippen molar-refractivity contribution < 1.29 is 15.1 Å². The van der Waals surface area contributed by atoms with E-state index in [-0.39, 0.29) is 12.4 Å². The molecule has 98 valence electrons. The zero-order valence-corrected chi connectivity index (χ0v) is 10.2. The first-order valence-corrected chi connectivity index (χ1v) is 5.68. The Balaban J connectivity index is 2.15. The summed E-state index contributed by atoms with van der Waals surface area (Å²) < 4.78 is 5.63. The second kappa shape index (κ2) is 5.88. The average molecular weight is 258 g/mol. The van der Waals surface area contributed by atoms with Gasteiger partial charge in [-0.2, -0.15) is 0 Å². The topological polar surface area (TPSA) is 88.1 Å². The molecule has 0 saturated carbocycles. The largest absolute Gasteiger partial charge is 0.457 e. The maximum absolute atomic E-state index is 9.05. The van der Waals surface area contributed by atoms with Crippen LogP contribution in [-0.2, 0) is 6.61 Å². The quantitative estimate of drug-likeness (QED) is 0.339. The first-order valence-electron chi connectivity index (χ1n) is 5.68. The van der Waals surface area contributed by atoms with Crippen LogP contribution in [0.5, 0.6) is 11.5 Å². The third-order valence-corrected chi connectivity index (χ3v) is 2.57. The molecular formula is C14H14N2O3. The first kappa shape index (κ1) is 12.9. The third kappa shape index (κ3) is 3.23. The zero-order valence-electron chi connectivity index (χ0n) is 10.2. The molecule has 5 heteroatoms. The maximum atomic E-state index is 9.05. The van der Waals surface area contributed by atoms with Crippen molar-refractivity contribution in [2.75, 3.05) is 0 Å². The van der Waals surface area contributed by atoms with Gasteiger partial charge in [0.2, 0.25) is 0 Å². The lowest BCUT2D eigenvalue weighted by Gasteiger charge is -2.07. The number of aliphatic hydroxyl groups excluding tert-OH is 1. The molecule has 0 amide bonds. The maximum Gasteiger partial charge on any atom is 0.170 e. The number of oxime groups is 1. The fourth-order valence-corrected chi connectivity index (χ4v) is 1.59. The summed E-state index contributed by atoms with van der Waals surface area (Å²) in [6.45, 7) is -0.0281. The van der Waals surface area contributed by atoms with Crippen molar-refractivity contribution >= 4 is 5.84 Å². The van der Waals surface area contributed by atoms with Gasteiger partial charge in [0, 0.05) is 5.56 Å². The lowest BCUT2D eigenvalue weighted by atomic mass is 10.2. The van der Waals surface area contributed by atoms with Crippen LogP contribution in [0.3, 0.4) is 0 Å². The molecule has 0 radical (unpaired) electrons. The van der Waals surface area contributed by atoms with Crippen LogP contribution in [-0.4, -0.2) is 16.1 Å². The summed E-state index contributed by atoms with van der Waals surface area (Å²) in [7, 11) is 0. The van der Waals surface area contributed by atoms with E-state index in [0.29, 0.717) is 17.1 Å². The Morgan fingerprint density at radius 3 is 2.47 bits per heavy atom. The predicted octanol–water partition coefficient (Wildman–Crippen LogP) is 2.07. The highest BCUT2D eigenvalue weighted by atomic mass is 16.5. The molecule has 2 aromatic rings. The number of rotatable bonds is 4. The Labute approximate surface area is 110 Å². The van der Waals surface area contributed by atoms with Gasteiger partial charge in [-0.25, -0.2) is 0 Å². The number of hydrogen-bond donors (Lipinski definition) is 3. The molecule has 0 aromatic heterocycles. The van der Waals surface area contributed by atoms with Gasteiger partial charge >= 0.3 is 0 Å². The van der Waals surface area contributed by atoms with Gasteiger partial charge in [-0.15, -0.1) is 0 Å². The number of ether oxygens (including phenoxy) is 1. The van der Waals surface area contributed by atoms with Gasteiger partial charge in [0.05, 0.1) is 6.61 Å². The Hall–Kier alpha value is -2.53. The minimum absolute atomic E-state index is 0.0281. The van der Waals surface area contributed by atoms with Crippen molar-refractivity contribution in [3.05, 3.63) is 59.7 Å². The van der Waals surface area contributed by atoms with E-state index in [4.69, 9.17) is 20.8 Å². The van der Waals surface area contributed by atoms with E-state index in [1.807, 2.05) is 12.1 Å². The van der Waals surface area contributed by atoms with Crippen LogP contribution in [0, 0.1) is 0 Å². The monoisotopic (exact) mass is 258 g/mol. The molecular weight excluding hydrogens is 244 g/mol. The lowest BCUT2D eigenvalue weighted by Crippen LogP contribution is -2.12. The Kier molecular flexibility index (Phi) is 4.00. The molecule has 5 nitrogen and oxygen atoms in total. The molecule has 0 aliphatic carbocycles. The summed E-state index contributed by atoms with van der Waals surface area (Å²) in [5.74, 6) is 1.32. The van der Waals surface area contributed by atoms with E-state index >= 15 is 0 Å². The summed E-state index contributed by atoms with van der Waals surface area (Å²) in [6.07, 6.45) is 0. The smallest absolute Gasteiger partial charge is 0.170 e. The second-order valence-electron chi connectivity index (χ2n) is 3.92. The number of nitrogens with zero attached hydrogens (tertiary/aromatic N) is 1. The molecule has 4 N–H and O–H groups in total. The molecule has 0 aliphatic rings. The molecule has 0 bridgehead atoms. The average Bonchev–Trinajstić information content (AvgIpc) is 2.47. The highest BCUT2D eigenvalue weighted by molar-refractivity contribution is 5.97. The molecule has 0 aliphatic heterocycles. The molecule has 0 spiro atoms. The third-order valence-electron chi connectivity index (χ3n) is 2.57. The highest BCUT2D eigenvalue weighted by Crippen LogP contribution is 2.22. The van der Waals surface area contributed by atoms with E-state index in [1.165, 1.54) is 0 Å². The van der Waals surface area contributed by atoms with Crippen molar-refractivity contribution in [2.45, 2.75) is 6.61 Å². The SMILES string of the molecule is NC(=NO)c1ccc(Oc2cccc(CO)c2)cc1. The summed E-state index contributed by atoms with van der Waals surface area (Å²) in [6, 6.07) is 14.0. The number of nitrogens with two attached hydrogens (primary N) is 1. The van der Waals surface area contributed by atoms with Crippen molar-refractivity contribution in [2.24, 2.45) is 10.9 Å². The number of hydrogen-bond acceptors (Lipinski definition) is 4. The van der Waals surface area contributed by atoms with Crippen LogP contribution >= 0.6 is 0 Å². The normalized spacial score (nSPS) is 11.3. The van der Waals surface area contributed by atoms with E-state index < -0.39 is 0 Å². The molecule has 2 aromatic carbocycles. The molecule has 0 heterocycles. The number of benzene rings is 2. The van der Waals surface area contributed by atoms with Crippen LogP contribution in [0.2, 0.25) is 0 Å². The number of amidine groups is 1. The van der Waals surface area contributed by atoms with Crippen molar-refractivity contribution in [1.82, 2.24) is 0 Å². The minimum atomic E-state index is -0.0281. The van der Waals surface area contributed by atoms with Gasteiger partial charge in [-0.05, 0) is 42.0 Å². The molecule has 0 unspecified atom stereocenters. The first-order chi connectivity index (χ1) is 9.22. The van der Waals surface area contributed by atoms with Crippen LogP contribution in [0.15, 0.2) is 53.7 Å². The van der Waals surface area contributed by atoms with E-state index in [9.17, 15) is 0 Å². The second-order valence-corrected chi connectivity index (χ2v) is 3.92. The predicted molar refractivity (Wildman–Crippen MR) is 71.4 cm³/mol. The van der Waals surface area contributed by atoms with Gasteiger partial charge < -0.3 is 20.8 Å². The Bertz CT molecular complexity index is 579. The van der Waals surface area contributed by atoms with Crippen LogP contribution < -0.4 is 10.5 Å². The van der Waals surface area contributed by atoms with Gasteiger partial charge in [0.15, 0.2) is 5.84 Å². The van der Waals surface area contributed by atoms with E-state index in [2.05, 4.69) is 5.16 Å². The molecule has 0 atom stereocenters. The van der Waals surface area contributed by atoms with Crippen LogP contribution in [0.1, 0.15) is 11.1 Å². The Morgan fingerprint density at radius 2 is 1.84 bits per heavy atom. The van der Waals surface area contributed by atoms with Crippen LogP contribution in [0.4, 0.5) is 0 Å². The molecule has 0 saturated heterocycles. The standard InChI is InChI=1S/C14H14N2O3/c15-14(16-18)11-4-6-12(7-5-11)19-13-3-1-2-10(8-13)9-17/h1-8,17-18H,9H2,(H2,15,16). The fourth-order valence-electron chi connectivity index (χ4n) is 1.59. The molecule has 0 fully saturated rings. The van der Waals surface area contributed by atoms with Gasteiger partial charge in [-0.1, -0.05) is 17.3 Å². The zero-order chi connectivity index (χ0) is 13.7. The van der Waals surface area contributed by atoms with Crippen molar-refractivity contribution in [3.8, 4) is 11.5 Å². The summed E-state index contributed by atoms with van der Waals surface area (Å²) >= 11 is 0. The van der Waals surface area contributed by atoms with Crippen molar-refractivity contribution in [3.63, 3.8) is 0 Å². The number of aliphatic hydroxyl groups is 1. The van der Waals surface area contributed by atoms with Gasteiger partial charge in [0.1, 0.15) is 11.5 Å². The lowest BCUT2D eigenvalue weighted by molar-refractivity contribution is 0.281. The van der Waals surface area contributed by atoms with Crippen LogP contribution in [0.25, 0.3) is 0 Å². The van der Waals surface area contributed by atoms with Crippen molar-refractivity contribution in [1.29, 1.82) is 0 Å². The molecule has 2 rings (SSSR count). The van der Waals surface area contributed by atoms with Gasteiger partial charge in [0.25, 0.3) is 0 Å². The summed E-state index contributed by atoms with van der Waals surface area (Å²) in [5.41, 5.74) is 6.86. The van der Waals surface area contributed by atoms with E-state index in [1.54, 1.807) is 36.4 Å². The van der Waals surface area contributed by atoms with Gasteiger partial charge in [-0.3, -0.25) is 0 Å². The highest BCUT2D eigenvalue weighted by Gasteiger charge is 2.01. The van der Waals surface area contributed by atoms with E-state index in [0.717, 1.165) is 5.56 Å².